The van der Waals surface area contributed by atoms with Crippen molar-refractivity contribution in [3.8, 4) is 5.88 Å². The number of aromatic nitrogens is 1. The van der Waals surface area contributed by atoms with Crippen molar-refractivity contribution < 1.29 is 9.47 Å². The maximum Gasteiger partial charge on any atom is 0.224 e. The maximum absolute atomic E-state index is 5.75. The van der Waals surface area contributed by atoms with Gasteiger partial charge in [-0.2, -0.15) is 0 Å². The molecule has 4 nitrogen and oxygen atoms in total. The van der Waals surface area contributed by atoms with Gasteiger partial charge in [0.2, 0.25) is 5.88 Å². The van der Waals surface area contributed by atoms with E-state index in [1.165, 1.54) is 0 Å². The molecular formula is C14H16N2O2S. The first-order valence-corrected chi connectivity index (χ1v) is 6.38. The third-order valence-corrected chi connectivity index (χ3v) is 2.89. The lowest BCUT2D eigenvalue weighted by molar-refractivity contribution is 0.0891. The molecule has 0 amide bonds. The van der Waals surface area contributed by atoms with Crippen molar-refractivity contribution in [3.05, 3.63) is 35.9 Å². The van der Waals surface area contributed by atoms with E-state index in [0.717, 1.165) is 10.9 Å². The smallest absolute Gasteiger partial charge is 0.224 e. The molecule has 2 rings (SSSR count). The van der Waals surface area contributed by atoms with Crippen LogP contribution in [0, 0.1) is 0 Å². The van der Waals surface area contributed by atoms with Gasteiger partial charge < -0.3 is 15.2 Å². The molecule has 0 radical (unpaired) electrons. The molecule has 5 heteroatoms. The van der Waals surface area contributed by atoms with E-state index in [0.29, 0.717) is 18.1 Å². The molecule has 0 spiro atoms. The van der Waals surface area contributed by atoms with E-state index in [1.54, 1.807) is 7.11 Å². The zero-order valence-electron chi connectivity index (χ0n) is 10.9. The van der Waals surface area contributed by atoms with Gasteiger partial charge in [0.05, 0.1) is 17.7 Å². The Morgan fingerprint density at radius 2 is 2.16 bits per heavy atom. The molecule has 1 unspecified atom stereocenters. The van der Waals surface area contributed by atoms with Crippen LogP contribution in [0.2, 0.25) is 0 Å². The fraction of sp³-hybridized carbons (Fsp3) is 0.286. The average Bonchev–Trinajstić information content (AvgIpc) is 2.38. The molecule has 1 aromatic heterocycles. The molecule has 0 saturated heterocycles. The summed E-state index contributed by atoms with van der Waals surface area (Å²) < 4.78 is 10.8. The summed E-state index contributed by atoms with van der Waals surface area (Å²) in [5.41, 5.74) is 7.23. The predicted octanol–water partition coefficient (Wildman–Crippen LogP) is 2.28. The van der Waals surface area contributed by atoms with Crippen molar-refractivity contribution in [3.63, 3.8) is 0 Å². The largest absolute Gasteiger partial charge is 0.472 e. The highest BCUT2D eigenvalue weighted by Gasteiger charge is 2.13. The van der Waals surface area contributed by atoms with Crippen LogP contribution in [-0.4, -0.2) is 29.8 Å². The number of nitrogens with two attached hydrogens (primary N) is 1. The number of fused-ring (bicyclic) bond motifs is 1. The molecule has 0 fully saturated rings. The van der Waals surface area contributed by atoms with Crippen molar-refractivity contribution in [2.45, 2.75) is 13.0 Å². The van der Waals surface area contributed by atoms with Crippen LogP contribution in [0.25, 0.3) is 10.9 Å². The highest BCUT2D eigenvalue weighted by Crippen LogP contribution is 2.23. The number of para-hydroxylation sites is 1. The molecule has 0 bridgehead atoms. The summed E-state index contributed by atoms with van der Waals surface area (Å²) in [5.74, 6) is 0.454. The predicted molar refractivity (Wildman–Crippen MR) is 79.6 cm³/mol. The third-order valence-electron chi connectivity index (χ3n) is 2.67. The first kappa shape index (κ1) is 13.7. The lowest BCUT2D eigenvalue weighted by atomic mass is 10.1. The summed E-state index contributed by atoms with van der Waals surface area (Å²) in [6.07, 6.45) is -0.119. The van der Waals surface area contributed by atoms with Gasteiger partial charge in [0.1, 0.15) is 11.1 Å². The van der Waals surface area contributed by atoms with Gasteiger partial charge in [-0.25, -0.2) is 4.98 Å². The Hall–Kier alpha value is -1.72. The molecule has 1 aromatic carbocycles. The molecule has 100 valence electrons. The number of rotatable bonds is 5. The summed E-state index contributed by atoms with van der Waals surface area (Å²) in [4.78, 5) is 4.75. The first-order valence-electron chi connectivity index (χ1n) is 5.97. The number of thiocarbonyl (C=S) groups is 1. The summed E-state index contributed by atoms with van der Waals surface area (Å²) in [7, 11) is 1.63. The molecule has 0 aliphatic carbocycles. The normalized spacial score (nSPS) is 12.3. The van der Waals surface area contributed by atoms with Crippen LogP contribution >= 0.6 is 12.2 Å². The fourth-order valence-corrected chi connectivity index (χ4v) is 1.97. The molecule has 19 heavy (non-hydrogen) atoms. The van der Waals surface area contributed by atoms with Gasteiger partial charge in [-0.05, 0) is 19.1 Å². The Kier molecular flexibility index (Phi) is 4.29. The number of nitrogens with zero attached hydrogens (tertiary/aromatic N) is 1. The molecule has 0 aliphatic rings. The molecule has 2 aromatic rings. The Bertz CT molecular complexity index is 601. The number of hydrogen-bond acceptors (Lipinski definition) is 4. The van der Waals surface area contributed by atoms with Crippen LogP contribution in [0.15, 0.2) is 30.3 Å². The quantitative estimate of drug-likeness (QED) is 0.849. The summed E-state index contributed by atoms with van der Waals surface area (Å²) in [5, 5.41) is 0.983. The van der Waals surface area contributed by atoms with E-state index in [4.69, 9.17) is 27.4 Å². The molecule has 0 saturated carbocycles. The number of benzene rings is 1. The van der Waals surface area contributed by atoms with Gasteiger partial charge in [0.15, 0.2) is 0 Å². The van der Waals surface area contributed by atoms with Crippen molar-refractivity contribution in [1.29, 1.82) is 0 Å². The van der Waals surface area contributed by atoms with Crippen LogP contribution in [0.4, 0.5) is 0 Å². The van der Waals surface area contributed by atoms with Gasteiger partial charge in [-0.1, -0.05) is 30.4 Å². The molecule has 1 heterocycles. The second-order valence-corrected chi connectivity index (χ2v) is 4.72. The van der Waals surface area contributed by atoms with Crippen molar-refractivity contribution in [2.24, 2.45) is 5.73 Å². The second-order valence-electron chi connectivity index (χ2n) is 4.28. The van der Waals surface area contributed by atoms with E-state index in [-0.39, 0.29) is 11.1 Å². The van der Waals surface area contributed by atoms with Crippen LogP contribution in [0.3, 0.4) is 0 Å². The van der Waals surface area contributed by atoms with Crippen LogP contribution in [0.5, 0.6) is 5.88 Å². The van der Waals surface area contributed by atoms with Gasteiger partial charge in [-0.15, -0.1) is 0 Å². The monoisotopic (exact) mass is 276 g/mol. The lowest BCUT2D eigenvalue weighted by Gasteiger charge is -2.16. The second kappa shape index (κ2) is 5.95. The first-order chi connectivity index (χ1) is 9.11. The van der Waals surface area contributed by atoms with E-state index < -0.39 is 0 Å². The molecular weight excluding hydrogens is 260 g/mol. The highest BCUT2D eigenvalue weighted by atomic mass is 32.1. The van der Waals surface area contributed by atoms with Crippen LogP contribution < -0.4 is 10.5 Å². The lowest BCUT2D eigenvalue weighted by Crippen LogP contribution is -2.21. The minimum absolute atomic E-state index is 0.119. The van der Waals surface area contributed by atoms with Gasteiger partial charge in [0, 0.05) is 12.5 Å². The zero-order valence-corrected chi connectivity index (χ0v) is 11.7. The van der Waals surface area contributed by atoms with Crippen LogP contribution in [0.1, 0.15) is 12.5 Å². The Morgan fingerprint density at radius 3 is 2.84 bits per heavy atom. The maximum atomic E-state index is 5.75. The minimum atomic E-state index is -0.119. The average molecular weight is 276 g/mol. The number of pyridine rings is 1. The Labute approximate surface area is 117 Å². The zero-order chi connectivity index (χ0) is 13.8. The van der Waals surface area contributed by atoms with Crippen molar-refractivity contribution >= 4 is 28.1 Å². The Morgan fingerprint density at radius 1 is 1.42 bits per heavy atom. The summed E-state index contributed by atoms with van der Waals surface area (Å²) in [6.45, 7) is 2.38. The standard InChI is InChI=1S/C14H16N2O2S/c1-9(8-17-2)18-14-11(13(15)19)7-10-5-3-4-6-12(10)16-14/h3-7,9H,8H2,1-2H3,(H2,15,19). The van der Waals surface area contributed by atoms with E-state index >= 15 is 0 Å². The topological polar surface area (TPSA) is 57.4 Å². The molecule has 2 N–H and O–H groups in total. The van der Waals surface area contributed by atoms with Gasteiger partial charge in [0.25, 0.3) is 0 Å². The SMILES string of the molecule is COCC(C)Oc1nc2ccccc2cc1C(N)=S. The van der Waals surface area contributed by atoms with Crippen LogP contribution in [-0.2, 0) is 4.74 Å². The van der Waals surface area contributed by atoms with E-state index in [1.807, 2.05) is 37.3 Å². The van der Waals surface area contributed by atoms with Gasteiger partial charge in [-0.3, -0.25) is 0 Å². The highest BCUT2D eigenvalue weighted by molar-refractivity contribution is 7.80. The molecule has 0 aliphatic heterocycles. The number of methoxy groups -OCH3 is 1. The van der Waals surface area contributed by atoms with Crippen molar-refractivity contribution in [2.75, 3.05) is 13.7 Å². The van der Waals surface area contributed by atoms with Crippen molar-refractivity contribution in [1.82, 2.24) is 4.98 Å². The summed E-state index contributed by atoms with van der Waals surface area (Å²) >= 11 is 5.06. The minimum Gasteiger partial charge on any atom is -0.472 e. The number of hydrogen-bond donors (Lipinski definition) is 1. The Balaban J connectivity index is 2.44. The third kappa shape index (κ3) is 3.19. The van der Waals surface area contributed by atoms with E-state index in [2.05, 4.69) is 4.98 Å². The number of ether oxygens (including phenoxy) is 2. The summed E-state index contributed by atoms with van der Waals surface area (Å²) in [6, 6.07) is 9.66. The van der Waals surface area contributed by atoms with Gasteiger partial charge >= 0.3 is 0 Å². The fourth-order valence-electron chi connectivity index (χ4n) is 1.82. The van der Waals surface area contributed by atoms with E-state index in [9.17, 15) is 0 Å². The molecule has 1 atom stereocenters.